The molecule has 1 aliphatic carbocycles. The molecule has 1 aromatic heterocycles. The van der Waals surface area contributed by atoms with Gasteiger partial charge in [-0.05, 0) is 23.8 Å². The van der Waals surface area contributed by atoms with Gasteiger partial charge in [-0.2, -0.15) is 0 Å². The topological polar surface area (TPSA) is 85.1 Å². The fraction of sp³-hybridized carbons (Fsp3) is 0. The van der Waals surface area contributed by atoms with Crippen molar-refractivity contribution in [2.24, 2.45) is 0 Å². The standard InChI is InChI=1S/C22H13N3O3/c26-18-8-4-3-5-15(18)13-9-11-14(12-10-13)25-20-19(23-24-25)21(27)16-6-1-2-7-17(16)22(20)28/h1-12,26H. The van der Waals surface area contributed by atoms with E-state index in [9.17, 15) is 14.7 Å². The van der Waals surface area contributed by atoms with E-state index in [2.05, 4.69) is 10.3 Å². The van der Waals surface area contributed by atoms with Crippen LogP contribution in [0.5, 0.6) is 5.75 Å². The zero-order valence-electron chi connectivity index (χ0n) is 14.5. The molecule has 28 heavy (non-hydrogen) atoms. The summed E-state index contributed by atoms with van der Waals surface area (Å²) in [5.74, 6) is -0.395. The number of phenols is 1. The van der Waals surface area contributed by atoms with Crippen molar-refractivity contribution in [1.82, 2.24) is 15.0 Å². The molecule has 4 aromatic rings. The van der Waals surface area contributed by atoms with Crippen molar-refractivity contribution in [1.29, 1.82) is 0 Å². The van der Waals surface area contributed by atoms with E-state index >= 15 is 0 Å². The minimum Gasteiger partial charge on any atom is -0.507 e. The Morgan fingerprint density at radius 1 is 0.714 bits per heavy atom. The first-order chi connectivity index (χ1) is 13.6. The Kier molecular flexibility index (Phi) is 3.45. The molecule has 0 radical (unpaired) electrons. The van der Waals surface area contributed by atoms with Crippen molar-refractivity contribution < 1.29 is 14.7 Å². The van der Waals surface area contributed by atoms with E-state index in [0.29, 0.717) is 22.4 Å². The molecule has 0 fully saturated rings. The van der Waals surface area contributed by atoms with Crippen LogP contribution in [0.3, 0.4) is 0 Å². The molecule has 6 heteroatoms. The van der Waals surface area contributed by atoms with E-state index in [0.717, 1.165) is 5.56 Å². The van der Waals surface area contributed by atoms with Gasteiger partial charge in [-0.3, -0.25) is 9.59 Å². The van der Waals surface area contributed by atoms with Crippen LogP contribution in [-0.2, 0) is 0 Å². The highest BCUT2D eigenvalue weighted by Gasteiger charge is 2.35. The normalized spacial score (nSPS) is 12.6. The Labute approximate surface area is 159 Å². The maximum absolute atomic E-state index is 13.0. The third-order valence-corrected chi connectivity index (χ3v) is 4.84. The summed E-state index contributed by atoms with van der Waals surface area (Å²) in [6.07, 6.45) is 0. The highest BCUT2D eigenvalue weighted by molar-refractivity contribution is 6.27. The first-order valence-electron chi connectivity index (χ1n) is 8.68. The largest absolute Gasteiger partial charge is 0.507 e. The Balaban J connectivity index is 1.59. The van der Waals surface area contributed by atoms with E-state index in [4.69, 9.17) is 0 Å². The lowest BCUT2D eigenvalue weighted by molar-refractivity contribution is 0.0972. The molecule has 1 aliphatic rings. The lowest BCUT2D eigenvalue weighted by Gasteiger charge is -2.14. The molecule has 0 saturated carbocycles. The molecule has 1 N–H and O–H groups in total. The van der Waals surface area contributed by atoms with Crippen molar-refractivity contribution in [3.8, 4) is 22.6 Å². The quantitative estimate of drug-likeness (QED) is 0.517. The average Bonchev–Trinajstić information content (AvgIpc) is 3.18. The van der Waals surface area contributed by atoms with Crippen molar-refractivity contribution >= 4 is 11.6 Å². The second-order valence-corrected chi connectivity index (χ2v) is 6.47. The van der Waals surface area contributed by atoms with Gasteiger partial charge in [0.15, 0.2) is 5.69 Å². The van der Waals surface area contributed by atoms with E-state index in [1.165, 1.54) is 4.68 Å². The molecule has 0 spiro atoms. The predicted octanol–water partition coefficient (Wildman–Crippen LogP) is 3.42. The number of hydrogen-bond donors (Lipinski definition) is 1. The number of fused-ring (bicyclic) bond motifs is 2. The molecule has 0 amide bonds. The second kappa shape index (κ2) is 5.99. The summed E-state index contributed by atoms with van der Waals surface area (Å²) >= 11 is 0. The molecule has 6 nitrogen and oxygen atoms in total. The number of benzene rings is 3. The summed E-state index contributed by atoms with van der Waals surface area (Å²) in [5, 5.41) is 18.0. The number of aromatic hydroxyl groups is 1. The Morgan fingerprint density at radius 3 is 2.00 bits per heavy atom. The van der Waals surface area contributed by atoms with Gasteiger partial charge < -0.3 is 5.11 Å². The summed E-state index contributed by atoms with van der Waals surface area (Å²) in [6, 6.07) is 20.9. The molecule has 134 valence electrons. The number of ketones is 2. The van der Waals surface area contributed by atoms with Crippen LogP contribution in [0.2, 0.25) is 0 Å². The van der Waals surface area contributed by atoms with E-state index in [-0.39, 0.29) is 28.7 Å². The first-order valence-corrected chi connectivity index (χ1v) is 8.68. The summed E-state index contributed by atoms with van der Waals surface area (Å²) in [5.41, 5.74) is 3.07. The molecule has 0 saturated heterocycles. The average molecular weight is 367 g/mol. The van der Waals surface area contributed by atoms with E-state index in [1.54, 1.807) is 48.5 Å². The number of carbonyl (C=O) groups is 2. The van der Waals surface area contributed by atoms with Crippen LogP contribution < -0.4 is 0 Å². The number of nitrogens with zero attached hydrogens (tertiary/aromatic N) is 3. The van der Waals surface area contributed by atoms with Gasteiger partial charge in [0.05, 0.1) is 5.69 Å². The smallest absolute Gasteiger partial charge is 0.216 e. The highest BCUT2D eigenvalue weighted by atomic mass is 16.3. The van der Waals surface area contributed by atoms with Crippen LogP contribution in [0.25, 0.3) is 16.8 Å². The van der Waals surface area contributed by atoms with Crippen LogP contribution in [0.1, 0.15) is 32.1 Å². The SMILES string of the molecule is O=C1c2ccccc2C(=O)c2c1nnn2-c1ccc(-c2ccccc2O)cc1. The number of rotatable bonds is 2. The van der Waals surface area contributed by atoms with Gasteiger partial charge in [-0.1, -0.05) is 59.8 Å². The van der Waals surface area contributed by atoms with Crippen molar-refractivity contribution in [3.63, 3.8) is 0 Å². The molecular formula is C22H13N3O3. The molecular weight excluding hydrogens is 354 g/mol. The van der Waals surface area contributed by atoms with Crippen LogP contribution >= 0.6 is 0 Å². The molecule has 0 unspecified atom stereocenters. The van der Waals surface area contributed by atoms with Gasteiger partial charge in [0.1, 0.15) is 11.4 Å². The maximum atomic E-state index is 13.0. The van der Waals surface area contributed by atoms with Crippen molar-refractivity contribution in [2.45, 2.75) is 0 Å². The summed E-state index contributed by atoms with van der Waals surface area (Å²) in [7, 11) is 0. The Bertz CT molecular complexity index is 1260. The minimum absolute atomic E-state index is 0.0634. The Hall–Kier alpha value is -4.06. The molecule has 0 bridgehead atoms. The van der Waals surface area contributed by atoms with Crippen LogP contribution in [0, 0.1) is 0 Å². The number of phenolic OH excluding ortho intramolecular Hbond substituents is 1. The molecule has 5 rings (SSSR count). The number of para-hydroxylation sites is 1. The van der Waals surface area contributed by atoms with Crippen LogP contribution in [0.4, 0.5) is 0 Å². The number of carbonyl (C=O) groups excluding carboxylic acids is 2. The van der Waals surface area contributed by atoms with Gasteiger partial charge in [0.2, 0.25) is 11.6 Å². The highest BCUT2D eigenvalue weighted by Crippen LogP contribution is 2.31. The monoisotopic (exact) mass is 367 g/mol. The van der Waals surface area contributed by atoms with Gasteiger partial charge in [-0.25, -0.2) is 4.68 Å². The van der Waals surface area contributed by atoms with Crippen LogP contribution in [0.15, 0.2) is 72.8 Å². The van der Waals surface area contributed by atoms with Gasteiger partial charge >= 0.3 is 0 Å². The second-order valence-electron chi connectivity index (χ2n) is 6.47. The van der Waals surface area contributed by atoms with Gasteiger partial charge in [-0.15, -0.1) is 5.10 Å². The number of aromatic nitrogens is 3. The third-order valence-electron chi connectivity index (χ3n) is 4.84. The van der Waals surface area contributed by atoms with Crippen molar-refractivity contribution in [3.05, 3.63) is 95.3 Å². The Morgan fingerprint density at radius 2 is 1.32 bits per heavy atom. The van der Waals surface area contributed by atoms with E-state index < -0.39 is 0 Å². The third kappa shape index (κ3) is 2.28. The zero-order valence-corrected chi connectivity index (χ0v) is 14.5. The number of hydrogen-bond acceptors (Lipinski definition) is 5. The molecule has 1 heterocycles. The summed E-state index contributed by atoms with van der Waals surface area (Å²) in [6.45, 7) is 0. The fourth-order valence-electron chi connectivity index (χ4n) is 3.45. The first kappa shape index (κ1) is 16.1. The molecule has 0 aliphatic heterocycles. The summed E-state index contributed by atoms with van der Waals surface area (Å²) < 4.78 is 1.39. The maximum Gasteiger partial charge on any atom is 0.216 e. The van der Waals surface area contributed by atoms with Gasteiger partial charge in [0, 0.05) is 16.7 Å². The van der Waals surface area contributed by atoms with Crippen molar-refractivity contribution in [2.75, 3.05) is 0 Å². The fourth-order valence-corrected chi connectivity index (χ4v) is 3.45. The summed E-state index contributed by atoms with van der Waals surface area (Å²) in [4.78, 5) is 25.6. The van der Waals surface area contributed by atoms with Gasteiger partial charge in [0.25, 0.3) is 0 Å². The lowest BCUT2D eigenvalue weighted by Crippen LogP contribution is -2.22. The lowest BCUT2D eigenvalue weighted by atomic mass is 9.90. The molecule has 0 atom stereocenters. The zero-order chi connectivity index (χ0) is 19.3. The van der Waals surface area contributed by atoms with E-state index in [1.807, 2.05) is 24.3 Å². The minimum atomic E-state index is -0.303. The molecule has 3 aromatic carbocycles. The van der Waals surface area contributed by atoms with Crippen LogP contribution in [-0.4, -0.2) is 31.7 Å². The predicted molar refractivity (Wildman–Crippen MR) is 102 cm³/mol.